The number of fused-ring (bicyclic) bond motifs is 1. The minimum atomic E-state index is -2.12. The fourth-order valence-corrected chi connectivity index (χ4v) is 12.5. The highest BCUT2D eigenvalue weighted by Crippen LogP contribution is 2.59. The maximum Gasteiger partial charge on any atom is 0.350 e. The van der Waals surface area contributed by atoms with Gasteiger partial charge >= 0.3 is 5.97 Å². The quantitative estimate of drug-likeness (QED) is 0.0351. The Morgan fingerprint density at radius 3 is 2.75 bits per heavy atom. The molecule has 10 atom stereocenters. The number of allylic oxidation sites excluding steroid dienone is 5. The highest BCUT2D eigenvalue weighted by Gasteiger charge is 2.85. The van der Waals surface area contributed by atoms with Gasteiger partial charge in [-0.1, -0.05) is 86.9 Å². The zero-order chi connectivity index (χ0) is 47.8. The van der Waals surface area contributed by atoms with Crippen molar-refractivity contribution >= 4 is 23.5 Å². The monoisotopic (exact) mass is 928 g/mol. The number of cyclic esters (lactones) is 1. The molecule has 68 heavy (non-hydrogen) atoms. The summed E-state index contributed by atoms with van der Waals surface area (Å²) in [6.45, 7) is 7.90. The zero-order valence-corrected chi connectivity index (χ0v) is 40.6. The number of dihydropyridines is 2. The van der Waals surface area contributed by atoms with Gasteiger partial charge in [0.1, 0.15) is 5.82 Å². The van der Waals surface area contributed by atoms with Gasteiger partial charge in [-0.05, 0) is 129 Å². The van der Waals surface area contributed by atoms with Crippen LogP contribution >= 0.6 is 0 Å². The molecule has 1 aromatic carbocycles. The highest BCUT2D eigenvalue weighted by atomic mass is 16.7. The van der Waals surface area contributed by atoms with E-state index in [0.717, 1.165) is 92.4 Å². The van der Waals surface area contributed by atoms with Crippen LogP contribution in [0.25, 0.3) is 0 Å². The first kappa shape index (κ1) is 47.8. The summed E-state index contributed by atoms with van der Waals surface area (Å²) in [6, 6.07) is 5.31. The van der Waals surface area contributed by atoms with Gasteiger partial charge in [0.2, 0.25) is 5.78 Å². The predicted molar refractivity (Wildman–Crippen MR) is 266 cm³/mol. The predicted octanol–water partition coefficient (Wildman–Crippen LogP) is 5.37. The van der Waals surface area contributed by atoms with Gasteiger partial charge < -0.3 is 52.8 Å². The highest BCUT2D eigenvalue weighted by molar-refractivity contribution is 6.33. The second kappa shape index (κ2) is 19.6. The average molecular weight is 928 g/mol. The van der Waals surface area contributed by atoms with E-state index >= 15 is 14.4 Å². The molecule has 1 aromatic rings. The van der Waals surface area contributed by atoms with E-state index in [-0.39, 0.29) is 60.1 Å². The Balaban J connectivity index is 1.07. The largest absolute Gasteiger partial charge is 0.463 e. The number of nitrogens with zero attached hydrogens (tertiary/aromatic N) is 1. The van der Waals surface area contributed by atoms with Gasteiger partial charge in [-0.25, -0.2) is 4.79 Å². The van der Waals surface area contributed by atoms with E-state index in [2.05, 4.69) is 81.1 Å². The number of benzene rings is 1. The van der Waals surface area contributed by atoms with E-state index in [0.29, 0.717) is 42.7 Å². The number of hydrogen-bond acceptors (Lipinski definition) is 12. The molecule has 4 bridgehead atoms. The summed E-state index contributed by atoms with van der Waals surface area (Å²) in [6.07, 6.45) is 26.7. The fraction of sp³-hybridized carbons (Fsp3) is 0.556. The molecule has 364 valence electrons. The molecule has 1 saturated heterocycles. The van der Waals surface area contributed by atoms with E-state index in [9.17, 15) is 0 Å². The van der Waals surface area contributed by atoms with Crippen molar-refractivity contribution in [3.63, 3.8) is 0 Å². The Morgan fingerprint density at radius 2 is 1.97 bits per heavy atom. The topological polar surface area (TPSA) is 210 Å². The van der Waals surface area contributed by atoms with Crippen molar-refractivity contribution in [2.24, 2.45) is 39.6 Å². The Hall–Kier alpha value is -5.28. The molecule has 0 aromatic heterocycles. The van der Waals surface area contributed by atoms with E-state index in [4.69, 9.17) is 20.9 Å². The molecule has 0 amide bonds. The summed E-state index contributed by atoms with van der Waals surface area (Å²) in [5.74, 6) is 0.501. The summed E-state index contributed by atoms with van der Waals surface area (Å²) in [4.78, 5) is 50.2. The van der Waals surface area contributed by atoms with Crippen molar-refractivity contribution in [3.8, 4) is 0 Å². The Morgan fingerprint density at radius 1 is 1.12 bits per heavy atom. The van der Waals surface area contributed by atoms with Gasteiger partial charge in [0, 0.05) is 49.3 Å². The molecule has 1 unspecified atom stereocenters. The van der Waals surface area contributed by atoms with Crippen LogP contribution in [-0.2, 0) is 20.7 Å². The maximum atomic E-state index is 15.6. The minimum absolute atomic E-state index is 0.00854. The van der Waals surface area contributed by atoms with Crippen molar-refractivity contribution < 1.29 is 23.9 Å². The Bertz CT molecular complexity index is 2430. The summed E-state index contributed by atoms with van der Waals surface area (Å²) in [7, 11) is 3.61. The fourth-order valence-electron chi connectivity index (χ4n) is 12.5. The van der Waals surface area contributed by atoms with E-state index in [1.165, 1.54) is 11.1 Å². The molecule has 14 heteroatoms. The first-order chi connectivity index (χ1) is 32.8. The van der Waals surface area contributed by atoms with Crippen LogP contribution in [-0.4, -0.2) is 92.9 Å². The number of nitrogens with one attached hydrogen (secondary N) is 6. The van der Waals surface area contributed by atoms with Crippen LogP contribution in [0.4, 0.5) is 0 Å². The van der Waals surface area contributed by atoms with Crippen LogP contribution in [0.3, 0.4) is 0 Å². The van der Waals surface area contributed by atoms with Crippen molar-refractivity contribution in [2.45, 2.75) is 133 Å². The van der Waals surface area contributed by atoms with E-state index in [1.807, 2.05) is 44.5 Å². The van der Waals surface area contributed by atoms with E-state index in [1.54, 1.807) is 13.1 Å². The van der Waals surface area contributed by atoms with Crippen LogP contribution in [0.5, 0.6) is 0 Å². The molecule has 0 radical (unpaired) electrons. The Labute approximate surface area is 402 Å². The summed E-state index contributed by atoms with van der Waals surface area (Å²) < 4.78 is 12.9. The smallest absolute Gasteiger partial charge is 0.350 e. The standard InChI is InChI=1S/C54H73N9O5/c1-6-59-42-27-35-13-9-12-34-11-7-8-22-52(3,28-33-16-18-44(55)61-30-33)29-36-14-10-15-40-46(36)48(65)54(50(66)67-31-37(42)26-41(34)35)53(68-54,47(40)64)23-20-32(2)25-43(62-51(56)58-5)38-21-24-60-49-39(38)17-19-45(57-4)63-49/h9-10,13-16,18,20-21,27,30,34,37,41-45,57,59-61,63H,6-8,11-12,17,19,22-26,28-29,31,55H2,1-5H3,(H3,56,58,62)/b32-20+/t34-,37-,41-,42-,43+,44?,45-,52+,53-,54-/m0/s1. The van der Waals surface area contributed by atoms with Gasteiger partial charge in [-0.15, -0.1) is 0 Å². The molecule has 1 fully saturated rings. The number of rotatable bonds is 11. The van der Waals surface area contributed by atoms with Gasteiger partial charge in [0.05, 0.1) is 25.0 Å². The van der Waals surface area contributed by atoms with Crippen LogP contribution in [0.2, 0.25) is 0 Å². The lowest BCUT2D eigenvalue weighted by Crippen LogP contribution is -2.51. The van der Waals surface area contributed by atoms with Gasteiger partial charge in [0.15, 0.2) is 17.3 Å². The number of carbonyl (C=O) groups excluding carboxylic acids is 3. The lowest BCUT2D eigenvalue weighted by atomic mass is 9.67. The van der Waals surface area contributed by atoms with Gasteiger partial charge in [-0.2, -0.15) is 0 Å². The number of guanidine groups is 1. The normalized spacial score (nSPS) is 34.1. The van der Waals surface area contributed by atoms with Crippen molar-refractivity contribution in [1.29, 1.82) is 0 Å². The van der Waals surface area contributed by atoms with Gasteiger partial charge in [-0.3, -0.25) is 14.6 Å². The number of Topliss-reactive ketones (excluding diaryl/α,β-unsaturated/α-hetero) is 2. The number of ketones is 2. The zero-order valence-electron chi connectivity index (χ0n) is 40.6. The van der Waals surface area contributed by atoms with Crippen molar-refractivity contribution in [1.82, 2.24) is 31.9 Å². The molecule has 8 aliphatic rings. The minimum Gasteiger partial charge on any atom is -0.463 e. The molecule has 10 N–H and O–H groups in total. The van der Waals surface area contributed by atoms with Crippen LogP contribution in [0, 0.1) is 23.2 Å². The molecule has 3 aliphatic carbocycles. The molecule has 9 rings (SSSR count). The van der Waals surface area contributed by atoms with Crippen molar-refractivity contribution in [3.05, 3.63) is 117 Å². The first-order valence-electron chi connectivity index (χ1n) is 25.2. The number of nitrogens with two attached hydrogens (primary N) is 2. The number of likely N-dealkylation sites (N-methyl/N-ethyl adjacent to an activating group) is 1. The maximum absolute atomic E-state index is 15.6. The summed E-state index contributed by atoms with van der Waals surface area (Å²) >= 11 is 0. The first-order valence-corrected chi connectivity index (χ1v) is 25.2. The number of hydrogen-bond donors (Lipinski definition) is 8. The third kappa shape index (κ3) is 9.05. The molecular weight excluding hydrogens is 855 g/mol. The van der Waals surface area contributed by atoms with Gasteiger partial charge in [0.25, 0.3) is 5.60 Å². The second-order valence-electron chi connectivity index (χ2n) is 20.8. The number of esters is 1. The van der Waals surface area contributed by atoms with E-state index < -0.39 is 23.0 Å². The summed E-state index contributed by atoms with van der Waals surface area (Å²) in [5, 5.41) is 20.8. The molecule has 0 saturated carbocycles. The number of carbonyl (C=O) groups is 3. The van der Waals surface area contributed by atoms with Crippen LogP contribution < -0.4 is 43.4 Å². The number of ether oxygens (including phenoxy) is 2. The molecule has 5 aliphatic heterocycles. The number of epoxide rings is 1. The third-order valence-electron chi connectivity index (χ3n) is 16.1. The average Bonchev–Trinajstić information content (AvgIpc) is 4.05. The second-order valence-corrected chi connectivity index (χ2v) is 20.8. The molecule has 5 heterocycles. The van der Waals surface area contributed by atoms with Crippen LogP contribution in [0.15, 0.2) is 106 Å². The molecule has 14 nitrogen and oxygen atoms in total. The van der Waals surface area contributed by atoms with Crippen molar-refractivity contribution in [2.75, 3.05) is 33.8 Å². The SMILES string of the molecule is CCN[C@H]1C=C2C=CC[C@@H]3CCCC[C@](C)(CC4=CNC(N)C=C4)Cc4cccc5c4C(=O)[C@]4(O[C@@]4(C/C=C(\C)C[C@@H](NC(N)=NC)C4=CCNC6=C4CC[C@@H](NC)N6)C5=O)C(=O)OC[C@@H]1C[C@H]23. The molecule has 1 spiro atoms. The third-order valence-corrected chi connectivity index (χ3v) is 16.1. The molecular formula is C54H73N9O5. The Kier molecular flexibility index (Phi) is 13.8. The lowest BCUT2D eigenvalue weighted by Gasteiger charge is -2.40. The number of aliphatic imine (C=N–C) groups is 1. The van der Waals surface area contributed by atoms with Crippen LogP contribution in [0.1, 0.15) is 118 Å². The summed E-state index contributed by atoms with van der Waals surface area (Å²) in [5.41, 5.74) is 15.4. The lowest BCUT2D eigenvalue weighted by molar-refractivity contribution is -0.150.